The van der Waals surface area contributed by atoms with Gasteiger partial charge in [-0.05, 0) is 17.7 Å². The van der Waals surface area contributed by atoms with Crippen molar-refractivity contribution in [3.05, 3.63) is 28.3 Å². The van der Waals surface area contributed by atoms with E-state index < -0.39 is 0 Å². The van der Waals surface area contributed by atoms with E-state index in [0.29, 0.717) is 10.6 Å². The molecule has 0 radical (unpaired) electrons. The molecule has 0 heterocycles. The second-order valence-corrected chi connectivity index (χ2v) is 4.54. The Balaban J connectivity index is 3.13. The number of nitriles is 1. The van der Waals surface area contributed by atoms with Gasteiger partial charge < -0.3 is 16.2 Å². The Bertz CT molecular complexity index is 440. The predicted molar refractivity (Wildman–Crippen MR) is 68.7 cm³/mol. The van der Waals surface area contributed by atoms with Crippen molar-refractivity contribution < 1.29 is 5.11 Å². The van der Waals surface area contributed by atoms with Gasteiger partial charge in [0.2, 0.25) is 0 Å². The van der Waals surface area contributed by atoms with Crippen molar-refractivity contribution in [3.8, 4) is 6.07 Å². The normalized spacial score (nSPS) is 12.5. The number of nitrogen functional groups attached to an aromatic ring is 1. The maximum atomic E-state index is 9.33. The van der Waals surface area contributed by atoms with Crippen molar-refractivity contribution in [2.45, 2.75) is 25.9 Å². The second-order valence-electron chi connectivity index (χ2n) is 4.13. The second kappa shape index (κ2) is 5.87. The summed E-state index contributed by atoms with van der Waals surface area (Å²) in [5, 5.41) is 21.8. The first-order chi connectivity index (χ1) is 7.99. The Kier molecular flexibility index (Phi) is 4.76. The zero-order valence-corrected chi connectivity index (χ0v) is 10.6. The molecular weight excluding hydrogens is 238 g/mol. The van der Waals surface area contributed by atoms with Crippen molar-refractivity contribution in [3.63, 3.8) is 0 Å². The van der Waals surface area contributed by atoms with E-state index in [1.54, 1.807) is 12.1 Å². The minimum atomic E-state index is -0.250. The lowest BCUT2D eigenvalue weighted by molar-refractivity contribution is 0.237. The zero-order valence-electron chi connectivity index (χ0n) is 9.87. The highest BCUT2D eigenvalue weighted by Crippen LogP contribution is 2.27. The minimum absolute atomic E-state index is 0.0662. The molecule has 1 aromatic carbocycles. The van der Waals surface area contributed by atoms with Gasteiger partial charge in [0, 0.05) is 6.04 Å². The molecule has 0 bridgehead atoms. The number of hydrogen-bond donors (Lipinski definition) is 3. The molecule has 0 fully saturated rings. The number of benzene rings is 1. The smallest absolute Gasteiger partial charge is 0.101 e. The number of anilines is 1. The topological polar surface area (TPSA) is 82.1 Å². The highest BCUT2D eigenvalue weighted by molar-refractivity contribution is 6.33. The van der Waals surface area contributed by atoms with E-state index in [4.69, 9.17) is 22.6 Å². The minimum Gasteiger partial charge on any atom is -0.396 e. The number of nitrogens with two attached hydrogens (primary N) is 1. The highest BCUT2D eigenvalue weighted by Gasteiger charge is 2.15. The molecule has 0 aliphatic carbocycles. The molecule has 0 saturated heterocycles. The Morgan fingerprint density at radius 3 is 2.65 bits per heavy atom. The van der Waals surface area contributed by atoms with E-state index in [2.05, 4.69) is 5.32 Å². The van der Waals surface area contributed by atoms with Gasteiger partial charge in [0.25, 0.3) is 0 Å². The summed E-state index contributed by atoms with van der Waals surface area (Å²) in [4.78, 5) is 0. The average molecular weight is 254 g/mol. The standard InChI is InChI=1S/C12H16ClN3O/c1-7(2)16-11(6-17)8-3-9(5-14)12(15)10(13)4-8/h3-4,7,11,16-17H,6,15H2,1-2H3. The molecule has 5 heteroatoms. The Hall–Kier alpha value is -1.28. The first-order valence-electron chi connectivity index (χ1n) is 5.35. The van der Waals surface area contributed by atoms with Gasteiger partial charge in [-0.3, -0.25) is 0 Å². The number of rotatable bonds is 4. The van der Waals surface area contributed by atoms with E-state index in [9.17, 15) is 5.11 Å². The van der Waals surface area contributed by atoms with Crippen LogP contribution in [0.4, 0.5) is 5.69 Å². The third-order valence-electron chi connectivity index (χ3n) is 2.39. The van der Waals surface area contributed by atoms with Crippen LogP contribution in [0.1, 0.15) is 31.0 Å². The maximum Gasteiger partial charge on any atom is 0.101 e. The molecule has 1 unspecified atom stereocenters. The number of halogens is 1. The molecule has 0 aliphatic rings. The van der Waals surface area contributed by atoms with E-state index in [-0.39, 0.29) is 24.4 Å². The fourth-order valence-corrected chi connectivity index (χ4v) is 1.82. The van der Waals surface area contributed by atoms with Crippen LogP contribution in [0.5, 0.6) is 0 Å². The van der Waals surface area contributed by atoms with Crippen molar-refractivity contribution in [1.29, 1.82) is 5.26 Å². The van der Waals surface area contributed by atoms with Crippen LogP contribution in [0.15, 0.2) is 12.1 Å². The summed E-state index contributed by atoms with van der Waals surface area (Å²) in [5.74, 6) is 0. The Labute approximate surface area is 106 Å². The van der Waals surface area contributed by atoms with Crippen LogP contribution < -0.4 is 11.1 Å². The van der Waals surface area contributed by atoms with Crippen molar-refractivity contribution in [2.75, 3.05) is 12.3 Å². The lowest BCUT2D eigenvalue weighted by Crippen LogP contribution is -2.30. The molecular formula is C12H16ClN3O. The quantitative estimate of drug-likeness (QED) is 0.715. The van der Waals surface area contributed by atoms with Gasteiger partial charge >= 0.3 is 0 Å². The van der Waals surface area contributed by atoms with Gasteiger partial charge in [0.1, 0.15) is 6.07 Å². The largest absolute Gasteiger partial charge is 0.396 e. The molecule has 0 aromatic heterocycles. The predicted octanol–water partition coefficient (Wildman–Crippen LogP) is 1.83. The Morgan fingerprint density at radius 2 is 2.18 bits per heavy atom. The summed E-state index contributed by atoms with van der Waals surface area (Å²) in [6, 6.07) is 5.28. The molecule has 0 saturated carbocycles. The third-order valence-corrected chi connectivity index (χ3v) is 2.70. The molecule has 4 N–H and O–H groups in total. The first-order valence-corrected chi connectivity index (χ1v) is 5.73. The van der Waals surface area contributed by atoms with E-state index in [0.717, 1.165) is 5.56 Å². The highest BCUT2D eigenvalue weighted by atomic mass is 35.5. The van der Waals surface area contributed by atoms with Gasteiger partial charge in [-0.15, -0.1) is 0 Å². The molecule has 0 spiro atoms. The summed E-state index contributed by atoms with van der Waals surface area (Å²) in [6.45, 7) is 3.89. The fraction of sp³-hybridized carbons (Fsp3) is 0.417. The molecule has 4 nitrogen and oxygen atoms in total. The number of nitrogens with one attached hydrogen (secondary N) is 1. The van der Waals surface area contributed by atoms with Gasteiger partial charge in [0.15, 0.2) is 0 Å². The summed E-state index contributed by atoms with van der Waals surface area (Å²) in [6.07, 6.45) is 0. The van der Waals surface area contributed by atoms with Gasteiger partial charge in [-0.2, -0.15) is 5.26 Å². The summed E-state index contributed by atoms with van der Waals surface area (Å²) < 4.78 is 0. The Morgan fingerprint density at radius 1 is 1.53 bits per heavy atom. The van der Waals surface area contributed by atoms with Crippen molar-refractivity contribution in [2.24, 2.45) is 0 Å². The number of aliphatic hydroxyl groups is 1. The van der Waals surface area contributed by atoms with Crippen LogP contribution in [0.2, 0.25) is 5.02 Å². The van der Waals surface area contributed by atoms with E-state index >= 15 is 0 Å². The fourth-order valence-electron chi connectivity index (χ4n) is 1.59. The van der Waals surface area contributed by atoms with Crippen LogP contribution >= 0.6 is 11.6 Å². The molecule has 1 rings (SSSR count). The molecule has 0 aliphatic heterocycles. The molecule has 92 valence electrons. The van der Waals surface area contributed by atoms with Crippen LogP contribution in [0, 0.1) is 11.3 Å². The summed E-state index contributed by atoms with van der Waals surface area (Å²) >= 11 is 5.95. The summed E-state index contributed by atoms with van der Waals surface area (Å²) in [7, 11) is 0. The summed E-state index contributed by atoms with van der Waals surface area (Å²) in [5.41, 5.74) is 7.04. The third kappa shape index (κ3) is 3.34. The first kappa shape index (κ1) is 13.8. The lowest BCUT2D eigenvalue weighted by Gasteiger charge is -2.20. The van der Waals surface area contributed by atoms with Gasteiger partial charge in [-0.25, -0.2) is 0 Å². The molecule has 0 amide bonds. The van der Waals surface area contributed by atoms with Gasteiger partial charge in [0.05, 0.1) is 28.9 Å². The van der Waals surface area contributed by atoms with Crippen LogP contribution in [-0.4, -0.2) is 17.8 Å². The number of aliphatic hydroxyl groups excluding tert-OH is 1. The molecule has 1 aromatic rings. The average Bonchev–Trinajstić information content (AvgIpc) is 2.29. The molecule has 1 atom stereocenters. The van der Waals surface area contributed by atoms with Crippen LogP contribution in [-0.2, 0) is 0 Å². The van der Waals surface area contributed by atoms with Crippen LogP contribution in [0.3, 0.4) is 0 Å². The number of nitrogens with zero attached hydrogens (tertiary/aromatic N) is 1. The van der Waals surface area contributed by atoms with Crippen molar-refractivity contribution >= 4 is 17.3 Å². The zero-order chi connectivity index (χ0) is 13.0. The van der Waals surface area contributed by atoms with Crippen molar-refractivity contribution in [1.82, 2.24) is 5.32 Å². The monoisotopic (exact) mass is 253 g/mol. The molecule has 17 heavy (non-hydrogen) atoms. The van der Waals surface area contributed by atoms with E-state index in [1.807, 2.05) is 19.9 Å². The van der Waals surface area contributed by atoms with E-state index in [1.165, 1.54) is 0 Å². The SMILES string of the molecule is CC(C)NC(CO)c1cc(Cl)c(N)c(C#N)c1. The maximum absolute atomic E-state index is 9.33. The van der Waals surface area contributed by atoms with Crippen LogP contribution in [0.25, 0.3) is 0 Å². The number of hydrogen-bond acceptors (Lipinski definition) is 4. The lowest BCUT2D eigenvalue weighted by atomic mass is 10.0. The van der Waals surface area contributed by atoms with Gasteiger partial charge in [-0.1, -0.05) is 25.4 Å².